The van der Waals surface area contributed by atoms with Gasteiger partial charge in [-0.1, -0.05) is 133 Å². The zero-order valence-corrected chi connectivity index (χ0v) is 40.1. The van der Waals surface area contributed by atoms with E-state index in [1.54, 1.807) is 0 Å². The summed E-state index contributed by atoms with van der Waals surface area (Å²) < 4.78 is 37.4. The minimum Gasteiger partial charge on any atom is -0.309 e. The number of nitrogens with zero attached hydrogens (tertiary/aromatic N) is 6. The minimum atomic E-state index is 0.0278. The summed E-state index contributed by atoms with van der Waals surface area (Å²) >= 11 is 0. The third-order valence-electron chi connectivity index (χ3n) is 14.1. The minimum absolute atomic E-state index is 0.0278. The van der Waals surface area contributed by atoms with Crippen molar-refractivity contribution in [2.45, 2.75) is 52.4 Å². The Morgan fingerprint density at radius 1 is 0.343 bits per heavy atom. The van der Waals surface area contributed by atoms with Crippen molar-refractivity contribution in [3.63, 3.8) is 0 Å². The first-order chi connectivity index (χ1) is 35.2. The molecule has 6 heteroatoms. The molecule has 0 aliphatic carbocycles. The molecule has 70 heavy (non-hydrogen) atoms. The van der Waals surface area contributed by atoms with Crippen LogP contribution >= 0.6 is 0 Å². The number of rotatable bonds is 6. The maximum absolute atomic E-state index is 9.84. The summed E-state index contributed by atoms with van der Waals surface area (Å²) in [7, 11) is 0. The molecule has 0 bridgehead atoms. The molecule has 0 radical (unpaired) electrons. The monoisotopic (exact) mass is 907 g/mol. The van der Waals surface area contributed by atoms with Gasteiger partial charge < -0.3 is 9.13 Å². The van der Waals surface area contributed by atoms with Crippen LogP contribution in [0.3, 0.4) is 0 Å². The second kappa shape index (κ2) is 15.5. The molecule has 4 aromatic heterocycles. The van der Waals surface area contributed by atoms with E-state index in [0.29, 0.717) is 29.2 Å². The van der Waals surface area contributed by atoms with E-state index < -0.39 is 0 Å². The Morgan fingerprint density at radius 3 is 1.26 bits per heavy atom. The first-order valence-corrected chi connectivity index (χ1v) is 24.1. The molecule has 0 saturated heterocycles. The smallest absolute Gasteiger partial charge is 0.145 e. The Morgan fingerprint density at radius 2 is 0.757 bits per heavy atom. The zero-order chi connectivity index (χ0) is 50.1. The molecule has 13 aromatic rings. The molecule has 0 atom stereocenters. The van der Waals surface area contributed by atoms with Crippen molar-refractivity contribution >= 4 is 65.7 Å². The fraction of sp³-hybridized carbons (Fsp3) is 0.125. The van der Waals surface area contributed by atoms with E-state index in [2.05, 4.69) is 205 Å². The van der Waals surface area contributed by atoms with Gasteiger partial charge in [0.05, 0.1) is 48.2 Å². The van der Waals surface area contributed by atoms with E-state index in [0.717, 1.165) is 100 Å². The summed E-state index contributed by atoms with van der Waals surface area (Å²) in [5.74, 6) is 1.67. The first-order valence-electron chi connectivity index (χ1n) is 25.6. The van der Waals surface area contributed by atoms with Crippen molar-refractivity contribution in [2.24, 2.45) is 0 Å². The number of imidazole rings is 2. The highest BCUT2D eigenvalue weighted by Gasteiger charge is 2.23. The second-order valence-electron chi connectivity index (χ2n) is 20.5. The van der Waals surface area contributed by atoms with Crippen LogP contribution in [0.15, 0.2) is 206 Å². The van der Waals surface area contributed by atoms with Gasteiger partial charge in [-0.25, -0.2) is 9.97 Å². The largest absolute Gasteiger partial charge is 0.309 e. The molecule has 0 aliphatic rings. The number of fused-ring (bicyclic) bond motifs is 9. The maximum Gasteiger partial charge on any atom is 0.145 e. The maximum atomic E-state index is 9.84. The predicted octanol–water partition coefficient (Wildman–Crippen LogP) is 16.5. The van der Waals surface area contributed by atoms with Crippen molar-refractivity contribution < 1.29 is 4.11 Å². The molecule has 338 valence electrons. The summed E-state index contributed by atoms with van der Waals surface area (Å²) in [6.07, 6.45) is 0. The van der Waals surface area contributed by atoms with Crippen LogP contribution < -0.4 is 0 Å². The molecule has 0 fully saturated rings. The van der Waals surface area contributed by atoms with Gasteiger partial charge >= 0.3 is 0 Å². The lowest BCUT2D eigenvalue weighted by Gasteiger charge is -2.19. The average Bonchev–Trinajstić information content (AvgIpc) is 4.16. The van der Waals surface area contributed by atoms with Gasteiger partial charge in [-0.05, 0) is 137 Å². The summed E-state index contributed by atoms with van der Waals surface area (Å²) in [6.45, 7) is 13.4. The Bertz CT molecular complexity index is 4330. The SMILES string of the molecule is [2H]c1cccc2c3c(c([2H])cc4c5cccc([2H])c5n(-c5ccc(-c6nc7ccccc7n6-c6ccc(C(C)(C)C)cc6)cc5)c43)n(-c3ccc(-c4nc5ccccc5n4-c4ccc(C(C)(C)C)cc4)cc3)c12. The Balaban J connectivity index is 0.986. The van der Waals surface area contributed by atoms with E-state index in [9.17, 15) is 4.11 Å². The molecule has 6 nitrogen and oxygen atoms in total. The Kier molecular flexibility index (Phi) is 8.53. The molecule has 9 aromatic carbocycles. The lowest BCUT2D eigenvalue weighted by molar-refractivity contribution is 0.590. The van der Waals surface area contributed by atoms with Gasteiger partial charge in [0.25, 0.3) is 0 Å². The van der Waals surface area contributed by atoms with Gasteiger partial charge in [-0.15, -0.1) is 0 Å². The average molecular weight is 908 g/mol. The number of hydrogen-bond donors (Lipinski definition) is 0. The summed E-state index contributed by atoms with van der Waals surface area (Å²) in [5.41, 5.74) is 15.2. The number of aromatic nitrogens is 6. The lowest BCUT2D eigenvalue weighted by Crippen LogP contribution is -2.11. The number of para-hydroxylation sites is 6. The Hall–Kier alpha value is -8.48. The van der Waals surface area contributed by atoms with Gasteiger partial charge in [0.1, 0.15) is 11.6 Å². The van der Waals surface area contributed by atoms with Crippen LogP contribution in [0.1, 0.15) is 56.8 Å². The van der Waals surface area contributed by atoms with Gasteiger partial charge in [-0.3, -0.25) is 9.13 Å². The molecule has 0 spiro atoms. The zero-order valence-electron chi connectivity index (χ0n) is 43.1. The first kappa shape index (κ1) is 38.5. The molecule has 0 amide bonds. The summed E-state index contributed by atoms with van der Waals surface area (Å²) in [6, 6.07) is 65.6. The van der Waals surface area contributed by atoms with Crippen molar-refractivity contribution in [2.75, 3.05) is 0 Å². The highest BCUT2D eigenvalue weighted by molar-refractivity contribution is 6.26. The van der Waals surface area contributed by atoms with Crippen molar-refractivity contribution in [1.82, 2.24) is 28.2 Å². The summed E-state index contributed by atoms with van der Waals surface area (Å²) in [5, 5.41) is 3.50. The van der Waals surface area contributed by atoms with Crippen LogP contribution in [-0.2, 0) is 10.8 Å². The standard InChI is InChI=1S/C64H52N6/c1-63(2,3)43-27-35-47(36-28-43)69-56-21-13-9-17-52(56)65-61(69)41-23-31-45(32-24-41)67-55-20-12-8-16-51(55)59-58(67)40-39-50-49-15-7-11-19-54(49)68(60(50)59)46-33-25-42(26-34-46)62-66-53-18-10-14-22-57(53)70(62)48-37-29-44(30-38-48)64(4,5)6/h7-40H,1-6H3/i19D,20D,40D. The molecule has 0 aliphatic heterocycles. The molecular formula is C64H52N6. The third-order valence-corrected chi connectivity index (χ3v) is 14.1. The predicted molar refractivity (Wildman–Crippen MR) is 293 cm³/mol. The van der Waals surface area contributed by atoms with Crippen LogP contribution in [0, 0.1) is 0 Å². The number of benzene rings is 9. The fourth-order valence-corrected chi connectivity index (χ4v) is 10.5. The fourth-order valence-electron chi connectivity index (χ4n) is 10.5. The van der Waals surface area contributed by atoms with Crippen LogP contribution in [-0.4, -0.2) is 28.2 Å². The third kappa shape index (κ3) is 6.54. The highest BCUT2D eigenvalue weighted by Crippen LogP contribution is 2.43. The van der Waals surface area contributed by atoms with Crippen LogP contribution in [0.2, 0.25) is 0 Å². The number of hydrogen-bond acceptors (Lipinski definition) is 2. The highest BCUT2D eigenvalue weighted by atomic mass is 15.1. The molecule has 0 N–H and O–H groups in total. The van der Waals surface area contributed by atoms with Gasteiger partial charge in [-0.2, -0.15) is 0 Å². The van der Waals surface area contributed by atoms with E-state index in [1.165, 1.54) is 11.1 Å². The topological polar surface area (TPSA) is 45.5 Å². The van der Waals surface area contributed by atoms with E-state index >= 15 is 0 Å². The molecule has 0 unspecified atom stereocenters. The molecule has 13 rings (SSSR count). The van der Waals surface area contributed by atoms with Gasteiger partial charge in [0, 0.05) is 55.4 Å². The van der Waals surface area contributed by atoms with Gasteiger partial charge in [0.2, 0.25) is 0 Å². The van der Waals surface area contributed by atoms with Crippen molar-refractivity contribution in [1.29, 1.82) is 0 Å². The second-order valence-corrected chi connectivity index (χ2v) is 20.5. The molecule has 4 heterocycles. The molecular weight excluding hydrogens is 853 g/mol. The van der Waals surface area contributed by atoms with Crippen LogP contribution in [0.4, 0.5) is 0 Å². The quantitative estimate of drug-likeness (QED) is 0.167. The lowest BCUT2D eigenvalue weighted by atomic mass is 9.87. The van der Waals surface area contributed by atoms with E-state index in [4.69, 9.17) is 9.97 Å². The summed E-state index contributed by atoms with van der Waals surface area (Å²) in [4.78, 5) is 10.4. The van der Waals surface area contributed by atoms with Crippen molar-refractivity contribution in [3.8, 4) is 45.5 Å². The molecule has 0 saturated carbocycles. The van der Waals surface area contributed by atoms with Crippen LogP contribution in [0.5, 0.6) is 0 Å². The van der Waals surface area contributed by atoms with Gasteiger partial charge in [0.15, 0.2) is 0 Å². The normalized spacial score (nSPS) is 13.0. The van der Waals surface area contributed by atoms with Crippen LogP contribution in [0.25, 0.3) is 111 Å². The van der Waals surface area contributed by atoms with E-state index in [-0.39, 0.29) is 10.8 Å². The van der Waals surface area contributed by atoms with E-state index in [1.807, 2.05) is 42.5 Å². The van der Waals surface area contributed by atoms with Crippen molar-refractivity contribution in [3.05, 3.63) is 217 Å². The Labute approximate surface area is 411 Å².